The van der Waals surface area contributed by atoms with Crippen molar-refractivity contribution in [2.24, 2.45) is 5.92 Å². The fraction of sp³-hybridized carbons (Fsp3) is 0.452. The Morgan fingerprint density at radius 3 is 2.63 bits per heavy atom. The molecule has 2 fully saturated rings. The molecule has 0 unspecified atom stereocenters. The summed E-state index contributed by atoms with van der Waals surface area (Å²) in [6.07, 6.45) is 3.54. The first kappa shape index (κ1) is 32.9. The number of aromatic nitrogens is 1. The van der Waals surface area contributed by atoms with Crippen molar-refractivity contribution in [3.8, 4) is 11.6 Å². The third kappa shape index (κ3) is 7.93. The van der Waals surface area contributed by atoms with Gasteiger partial charge in [-0.3, -0.25) is 0 Å². The number of benzene rings is 2. The number of aliphatic hydroxyl groups is 1. The quantitative estimate of drug-likeness (QED) is 0.227. The molecule has 2 saturated heterocycles. The molecule has 4 heterocycles. The molecule has 2 aliphatic heterocycles. The zero-order valence-electron chi connectivity index (χ0n) is 24.1. The average Bonchev–Trinajstić information content (AvgIpc) is 3.56. The smallest absolute Gasteiger partial charge is 0.414 e. The molecule has 0 saturated carbocycles. The number of fused-ring (bicyclic) bond motifs is 2. The van der Waals surface area contributed by atoms with E-state index < -0.39 is 6.09 Å². The Bertz CT molecular complexity index is 1510. The summed E-state index contributed by atoms with van der Waals surface area (Å²) < 4.78 is 30.6. The SMILES string of the molecule is C[C@H]1CN(CCN2CCC(NC(=O)Oc3cc4c(OCc5coc6cc(F)ccc56)cccc4[nH]3)CC2)CC[C@@H]1O.Cl.Cl. The standard InChI is InChI=1S/C31H37FN4O5.2ClH/c1-20-17-36(12-9-27(20)37)14-13-35-10-7-23(8-11-35)33-31(38)41-30-16-25-26(34-30)3-2-4-28(25)39-18-21-19-40-29-15-22(32)5-6-24(21)29;;/h2-6,15-16,19-20,23,27,34,37H,7-14,17-18H2,1H3,(H,33,38);2*1H/t20-,27-;;/m0../s1. The molecule has 2 aromatic heterocycles. The van der Waals surface area contributed by atoms with E-state index in [9.17, 15) is 14.3 Å². The number of rotatable bonds is 8. The first-order valence-electron chi connectivity index (χ1n) is 14.4. The first-order chi connectivity index (χ1) is 19.9. The fourth-order valence-corrected chi connectivity index (χ4v) is 5.91. The second-order valence-corrected chi connectivity index (χ2v) is 11.3. The van der Waals surface area contributed by atoms with Gasteiger partial charge in [0.05, 0.1) is 17.9 Å². The number of piperidine rings is 2. The number of nitrogens with one attached hydrogen (secondary N) is 2. The molecule has 0 radical (unpaired) electrons. The van der Waals surface area contributed by atoms with Gasteiger partial charge in [-0.25, -0.2) is 9.18 Å². The van der Waals surface area contributed by atoms with Gasteiger partial charge in [0.25, 0.3) is 0 Å². The number of hydrogen-bond acceptors (Lipinski definition) is 7. The summed E-state index contributed by atoms with van der Waals surface area (Å²) in [5, 5.41) is 14.6. The molecule has 3 N–H and O–H groups in total. The zero-order valence-corrected chi connectivity index (χ0v) is 25.7. The summed E-state index contributed by atoms with van der Waals surface area (Å²) in [5.41, 5.74) is 2.08. The molecule has 234 valence electrons. The minimum Gasteiger partial charge on any atom is -0.488 e. The molecular weight excluding hydrogens is 598 g/mol. The summed E-state index contributed by atoms with van der Waals surface area (Å²) in [5.74, 6) is 0.959. The lowest BCUT2D eigenvalue weighted by Crippen LogP contribution is -2.48. The zero-order chi connectivity index (χ0) is 28.3. The predicted molar refractivity (Wildman–Crippen MR) is 168 cm³/mol. The van der Waals surface area contributed by atoms with E-state index in [4.69, 9.17) is 13.9 Å². The third-order valence-electron chi connectivity index (χ3n) is 8.39. The van der Waals surface area contributed by atoms with Gasteiger partial charge in [0.2, 0.25) is 5.88 Å². The van der Waals surface area contributed by atoms with Gasteiger partial charge in [0.1, 0.15) is 23.8 Å². The van der Waals surface area contributed by atoms with Crippen LogP contribution in [0, 0.1) is 11.7 Å². The second-order valence-electron chi connectivity index (χ2n) is 11.3. The van der Waals surface area contributed by atoms with E-state index in [-0.39, 0.29) is 49.4 Å². The van der Waals surface area contributed by atoms with Gasteiger partial charge in [0.15, 0.2) is 0 Å². The number of hydrogen-bond donors (Lipinski definition) is 3. The maximum Gasteiger partial charge on any atom is 0.414 e. The van der Waals surface area contributed by atoms with Crippen LogP contribution < -0.4 is 14.8 Å². The van der Waals surface area contributed by atoms with Crippen LogP contribution in [0.2, 0.25) is 0 Å². The van der Waals surface area contributed by atoms with Crippen LogP contribution >= 0.6 is 24.8 Å². The minimum atomic E-state index is -0.476. The van der Waals surface area contributed by atoms with Crippen LogP contribution in [-0.4, -0.2) is 77.4 Å². The Balaban J connectivity index is 0.00000212. The van der Waals surface area contributed by atoms with Crippen LogP contribution in [0.3, 0.4) is 0 Å². The fourth-order valence-electron chi connectivity index (χ4n) is 5.91. The normalized spacial score (nSPS) is 20.0. The van der Waals surface area contributed by atoms with Gasteiger partial charge < -0.3 is 39.1 Å². The number of aliphatic hydroxyl groups excluding tert-OH is 1. The van der Waals surface area contributed by atoms with Crippen molar-refractivity contribution in [3.05, 3.63) is 60.1 Å². The molecule has 2 atom stereocenters. The predicted octanol–water partition coefficient (Wildman–Crippen LogP) is 5.73. The number of nitrogens with zero attached hydrogens (tertiary/aromatic N) is 2. The number of likely N-dealkylation sites (tertiary alicyclic amines) is 2. The number of carbonyl (C=O) groups excluding carboxylic acids is 1. The lowest BCUT2D eigenvalue weighted by atomic mass is 9.97. The Kier molecular flexibility index (Phi) is 11.2. The molecular formula is C31H39Cl2FN4O5. The van der Waals surface area contributed by atoms with E-state index in [1.165, 1.54) is 12.1 Å². The molecule has 0 bridgehead atoms. The number of aromatic amines is 1. The highest BCUT2D eigenvalue weighted by molar-refractivity contribution is 5.88. The van der Waals surface area contributed by atoms with Gasteiger partial charge in [-0.1, -0.05) is 13.0 Å². The molecule has 1 amide bonds. The summed E-state index contributed by atoms with van der Waals surface area (Å²) in [6.45, 7) is 8.17. The minimum absolute atomic E-state index is 0. The largest absolute Gasteiger partial charge is 0.488 e. The number of ether oxygens (including phenoxy) is 2. The van der Waals surface area contributed by atoms with Gasteiger partial charge in [-0.15, -0.1) is 24.8 Å². The summed E-state index contributed by atoms with van der Waals surface area (Å²) in [7, 11) is 0. The average molecular weight is 638 g/mol. The Morgan fingerprint density at radius 2 is 1.84 bits per heavy atom. The second kappa shape index (κ2) is 14.6. The third-order valence-corrected chi connectivity index (χ3v) is 8.39. The van der Waals surface area contributed by atoms with Crippen LogP contribution in [0.4, 0.5) is 9.18 Å². The van der Waals surface area contributed by atoms with Crippen molar-refractivity contribution in [2.75, 3.05) is 39.3 Å². The van der Waals surface area contributed by atoms with Crippen molar-refractivity contribution >= 4 is 52.8 Å². The number of furan rings is 1. The van der Waals surface area contributed by atoms with E-state index in [2.05, 4.69) is 27.0 Å². The number of halogens is 3. The monoisotopic (exact) mass is 636 g/mol. The summed E-state index contributed by atoms with van der Waals surface area (Å²) in [6, 6.07) is 11.9. The maximum atomic E-state index is 13.5. The molecule has 0 spiro atoms. The van der Waals surface area contributed by atoms with Crippen LogP contribution in [0.1, 0.15) is 31.7 Å². The van der Waals surface area contributed by atoms with Crippen molar-refractivity contribution in [1.29, 1.82) is 0 Å². The van der Waals surface area contributed by atoms with Crippen LogP contribution in [0.15, 0.2) is 53.1 Å². The van der Waals surface area contributed by atoms with Gasteiger partial charge in [-0.2, -0.15) is 0 Å². The maximum absolute atomic E-state index is 13.5. The first-order valence-corrected chi connectivity index (χ1v) is 14.4. The number of carbonyl (C=O) groups is 1. The van der Waals surface area contributed by atoms with E-state index in [0.717, 1.165) is 80.4 Å². The Morgan fingerprint density at radius 1 is 1.07 bits per heavy atom. The lowest BCUT2D eigenvalue weighted by Gasteiger charge is -2.37. The van der Waals surface area contributed by atoms with E-state index in [1.54, 1.807) is 18.4 Å². The highest BCUT2D eigenvalue weighted by Crippen LogP contribution is 2.31. The molecule has 2 aliphatic rings. The number of H-pyrrole nitrogens is 1. The molecule has 2 aromatic carbocycles. The Hall–Kier alpha value is -3.02. The van der Waals surface area contributed by atoms with E-state index in [1.807, 2.05) is 18.2 Å². The molecule has 9 nitrogen and oxygen atoms in total. The Labute approximate surface area is 262 Å². The topological polar surface area (TPSA) is 103 Å². The van der Waals surface area contributed by atoms with E-state index >= 15 is 0 Å². The van der Waals surface area contributed by atoms with Crippen molar-refractivity contribution < 1.29 is 28.2 Å². The van der Waals surface area contributed by atoms with Gasteiger partial charge >= 0.3 is 6.09 Å². The van der Waals surface area contributed by atoms with Crippen LogP contribution in [0.5, 0.6) is 11.6 Å². The molecule has 0 aliphatic carbocycles. The van der Waals surface area contributed by atoms with Gasteiger partial charge in [-0.05, 0) is 49.4 Å². The summed E-state index contributed by atoms with van der Waals surface area (Å²) >= 11 is 0. The highest BCUT2D eigenvalue weighted by Gasteiger charge is 2.26. The molecule has 43 heavy (non-hydrogen) atoms. The van der Waals surface area contributed by atoms with Gasteiger partial charge in [0, 0.05) is 73.8 Å². The van der Waals surface area contributed by atoms with Crippen molar-refractivity contribution in [2.45, 2.75) is 44.9 Å². The van der Waals surface area contributed by atoms with Crippen LogP contribution in [-0.2, 0) is 6.61 Å². The van der Waals surface area contributed by atoms with Crippen LogP contribution in [0.25, 0.3) is 21.9 Å². The highest BCUT2D eigenvalue weighted by atomic mass is 35.5. The summed E-state index contributed by atoms with van der Waals surface area (Å²) in [4.78, 5) is 20.7. The lowest BCUT2D eigenvalue weighted by molar-refractivity contribution is 0.0302. The number of amides is 1. The van der Waals surface area contributed by atoms with Crippen molar-refractivity contribution in [1.82, 2.24) is 20.1 Å². The van der Waals surface area contributed by atoms with Crippen molar-refractivity contribution in [3.63, 3.8) is 0 Å². The van der Waals surface area contributed by atoms with E-state index in [0.29, 0.717) is 23.1 Å². The molecule has 4 aromatic rings. The molecule has 12 heteroatoms. The molecule has 6 rings (SSSR count).